The highest BCUT2D eigenvalue weighted by Crippen LogP contribution is 2.35. The first kappa shape index (κ1) is 31.5. The van der Waals surface area contributed by atoms with E-state index in [4.69, 9.17) is 19.6 Å². The first-order valence-corrected chi connectivity index (χ1v) is 15.0. The first-order chi connectivity index (χ1) is 18.0. The number of sulfonamides is 1. The molecule has 14 heteroatoms. The number of benzene rings is 1. The minimum atomic E-state index is -5.08. The Bertz CT molecular complexity index is 1240. The summed E-state index contributed by atoms with van der Waals surface area (Å²) in [6.07, 6.45) is -3.84. The fourth-order valence-electron chi connectivity index (χ4n) is 4.90. The largest absolute Gasteiger partial charge is 0.490 e. The van der Waals surface area contributed by atoms with Crippen molar-refractivity contribution in [1.82, 2.24) is 14.2 Å². The fraction of sp³-hybridized carbons (Fsp3) is 0.680. The second kappa shape index (κ2) is 12.2. The van der Waals surface area contributed by atoms with E-state index in [1.807, 2.05) is 19.9 Å². The number of fused-ring (bicyclic) bond motifs is 1. The Morgan fingerprint density at radius 3 is 2.28 bits per heavy atom. The first-order valence-electron chi connectivity index (χ1n) is 12.8. The Morgan fingerprint density at radius 1 is 1.18 bits per heavy atom. The van der Waals surface area contributed by atoms with Crippen LogP contribution in [0.15, 0.2) is 23.1 Å². The Labute approximate surface area is 231 Å². The van der Waals surface area contributed by atoms with E-state index in [9.17, 15) is 21.6 Å². The van der Waals surface area contributed by atoms with Crippen molar-refractivity contribution in [3.63, 3.8) is 0 Å². The van der Waals surface area contributed by atoms with E-state index in [1.54, 1.807) is 30.5 Å². The van der Waals surface area contributed by atoms with Gasteiger partial charge in [0.25, 0.3) is 0 Å². The summed E-state index contributed by atoms with van der Waals surface area (Å²) in [6, 6.07) is 5.34. The average Bonchev–Trinajstić information content (AvgIpc) is 3.27. The van der Waals surface area contributed by atoms with Gasteiger partial charge in [0.2, 0.25) is 10.0 Å². The number of carboxylic acids is 1. The van der Waals surface area contributed by atoms with Crippen LogP contribution in [0, 0.1) is 11.8 Å². The van der Waals surface area contributed by atoms with Crippen LogP contribution >= 0.6 is 11.3 Å². The van der Waals surface area contributed by atoms with Crippen LogP contribution in [0.5, 0.6) is 0 Å². The summed E-state index contributed by atoms with van der Waals surface area (Å²) in [5, 5.41) is 8.12. The molecule has 3 heterocycles. The number of morpholine rings is 1. The van der Waals surface area contributed by atoms with Gasteiger partial charge in [0.15, 0.2) is 5.13 Å². The van der Waals surface area contributed by atoms with Crippen LogP contribution in [0.3, 0.4) is 0 Å². The Morgan fingerprint density at radius 2 is 1.74 bits per heavy atom. The Hall–Kier alpha value is -2.00. The predicted molar refractivity (Wildman–Crippen MR) is 145 cm³/mol. The molecule has 2 fully saturated rings. The minimum Gasteiger partial charge on any atom is -0.475 e. The number of thiazole rings is 1. The quantitative estimate of drug-likeness (QED) is 0.533. The van der Waals surface area contributed by atoms with Crippen LogP contribution in [0.4, 0.5) is 18.3 Å². The number of piperidine rings is 1. The topological polar surface area (TPSA) is 103 Å². The normalized spacial score (nSPS) is 21.6. The molecule has 1 aromatic heterocycles. The van der Waals surface area contributed by atoms with Gasteiger partial charge < -0.3 is 14.7 Å². The third-order valence-electron chi connectivity index (χ3n) is 6.96. The summed E-state index contributed by atoms with van der Waals surface area (Å²) in [7, 11) is -1.94. The van der Waals surface area contributed by atoms with Gasteiger partial charge in [-0.25, -0.2) is 18.2 Å². The summed E-state index contributed by atoms with van der Waals surface area (Å²) in [5.41, 5.74) is 0.328. The van der Waals surface area contributed by atoms with Crippen LogP contribution < -0.4 is 4.90 Å². The number of carbonyl (C=O) groups is 1. The molecule has 1 N–H and O–H groups in total. The SMILES string of the molecule is C[C@@H]1C[C@H](C)CN(c2nc3ccc(S(=O)(=O)N(C)C(C)(C)CN4CCOCC4)cc3s2)C1.O=C(O)C(F)(F)F. The van der Waals surface area contributed by atoms with Gasteiger partial charge in [-0.15, -0.1) is 0 Å². The number of likely N-dealkylation sites (N-methyl/N-ethyl adjacent to an activating group) is 1. The number of aromatic nitrogens is 1. The van der Waals surface area contributed by atoms with E-state index in [1.165, 1.54) is 10.7 Å². The van der Waals surface area contributed by atoms with Gasteiger partial charge in [0.05, 0.1) is 28.3 Å². The van der Waals surface area contributed by atoms with Crippen LogP contribution in [-0.2, 0) is 19.6 Å². The number of hydrogen-bond acceptors (Lipinski definition) is 8. The summed E-state index contributed by atoms with van der Waals surface area (Å²) in [5.74, 6) is -1.47. The molecule has 2 aromatic rings. The van der Waals surface area contributed by atoms with Crippen molar-refractivity contribution in [2.45, 2.75) is 50.7 Å². The molecule has 0 spiro atoms. The maximum atomic E-state index is 13.5. The minimum absolute atomic E-state index is 0.332. The van der Waals surface area contributed by atoms with Gasteiger partial charge in [-0.05, 0) is 50.3 Å². The number of alkyl halides is 3. The fourth-order valence-corrected chi connectivity index (χ4v) is 7.53. The van der Waals surface area contributed by atoms with E-state index < -0.39 is 27.7 Å². The number of nitrogens with zero attached hydrogens (tertiary/aromatic N) is 4. The molecule has 2 aliphatic heterocycles. The molecule has 0 amide bonds. The number of anilines is 1. The molecule has 1 aromatic carbocycles. The standard InChI is InChI=1S/C23H36N4O3S2.C2HF3O2/c1-17-12-18(2)15-27(14-17)22-24-20-7-6-19(13-21(20)31-22)32(28,29)25(5)23(3,4)16-26-8-10-30-11-9-26;3-2(4,5)1(6)7/h6-7,13,17-18H,8-12,14-16H2,1-5H3;(H,6,7)/t17-,18+;. The zero-order valence-corrected chi connectivity index (χ0v) is 24.5. The maximum Gasteiger partial charge on any atom is 0.490 e. The number of rotatable bonds is 6. The number of carboxylic acid groups (broad SMARTS) is 1. The molecule has 2 saturated heterocycles. The molecule has 2 aliphatic rings. The van der Waals surface area contributed by atoms with Crippen molar-refractivity contribution in [3.05, 3.63) is 18.2 Å². The lowest BCUT2D eigenvalue weighted by molar-refractivity contribution is -0.192. The molecule has 2 atom stereocenters. The molecule has 0 unspecified atom stereocenters. The van der Waals surface area contributed by atoms with E-state index in [0.717, 1.165) is 41.5 Å². The molecule has 0 aliphatic carbocycles. The third kappa shape index (κ3) is 8.03. The lowest BCUT2D eigenvalue weighted by Crippen LogP contribution is -2.54. The monoisotopic (exact) mass is 594 g/mol. The summed E-state index contributed by atoms with van der Waals surface area (Å²) < 4.78 is 66.6. The van der Waals surface area contributed by atoms with Crippen molar-refractivity contribution in [1.29, 1.82) is 0 Å². The molecular weight excluding hydrogens is 557 g/mol. The van der Waals surface area contributed by atoms with Crippen molar-refractivity contribution >= 4 is 42.7 Å². The van der Waals surface area contributed by atoms with Crippen LogP contribution in [0.1, 0.15) is 34.1 Å². The lowest BCUT2D eigenvalue weighted by atomic mass is 9.92. The van der Waals surface area contributed by atoms with Crippen molar-refractivity contribution in [2.75, 3.05) is 57.9 Å². The van der Waals surface area contributed by atoms with Crippen molar-refractivity contribution in [3.8, 4) is 0 Å². The summed E-state index contributed by atoms with van der Waals surface area (Å²) in [6.45, 7) is 14.3. The molecule has 9 nitrogen and oxygen atoms in total. The highest BCUT2D eigenvalue weighted by molar-refractivity contribution is 7.89. The Kier molecular flexibility index (Phi) is 9.90. The van der Waals surface area contributed by atoms with Crippen LogP contribution in [-0.4, -0.2) is 98.4 Å². The summed E-state index contributed by atoms with van der Waals surface area (Å²) in [4.78, 5) is 18.7. The van der Waals surface area contributed by atoms with Crippen LogP contribution in [0.25, 0.3) is 10.2 Å². The molecule has 39 heavy (non-hydrogen) atoms. The molecule has 4 rings (SSSR count). The highest BCUT2D eigenvalue weighted by Gasteiger charge is 2.38. The van der Waals surface area contributed by atoms with Gasteiger partial charge in [0.1, 0.15) is 0 Å². The maximum absolute atomic E-state index is 13.5. The second-order valence-corrected chi connectivity index (χ2v) is 13.9. The van der Waals surface area contributed by atoms with Gasteiger partial charge in [-0.2, -0.15) is 17.5 Å². The number of ether oxygens (including phenoxy) is 1. The number of aliphatic carboxylic acids is 1. The lowest BCUT2D eigenvalue weighted by Gasteiger charge is -2.40. The average molecular weight is 595 g/mol. The summed E-state index contributed by atoms with van der Waals surface area (Å²) >= 11 is 1.60. The van der Waals surface area contributed by atoms with Crippen molar-refractivity contribution < 1.29 is 36.2 Å². The molecule has 220 valence electrons. The molecule has 0 radical (unpaired) electrons. The molecule has 0 bridgehead atoms. The number of halogens is 3. The zero-order valence-electron chi connectivity index (χ0n) is 22.9. The van der Waals surface area contributed by atoms with E-state index in [0.29, 0.717) is 36.5 Å². The van der Waals surface area contributed by atoms with E-state index in [2.05, 4.69) is 23.6 Å². The van der Waals surface area contributed by atoms with Crippen molar-refractivity contribution in [2.24, 2.45) is 11.8 Å². The van der Waals surface area contributed by atoms with Crippen LogP contribution in [0.2, 0.25) is 0 Å². The van der Waals surface area contributed by atoms with Gasteiger partial charge in [-0.3, -0.25) is 4.90 Å². The van der Waals surface area contributed by atoms with Gasteiger partial charge >= 0.3 is 12.1 Å². The smallest absolute Gasteiger partial charge is 0.475 e. The highest BCUT2D eigenvalue weighted by atomic mass is 32.2. The molecule has 0 saturated carbocycles. The van der Waals surface area contributed by atoms with E-state index in [-0.39, 0.29) is 0 Å². The third-order valence-corrected chi connectivity index (χ3v) is 10.1. The van der Waals surface area contributed by atoms with Gasteiger partial charge in [0, 0.05) is 45.3 Å². The zero-order chi connectivity index (χ0) is 29.2. The molecular formula is C25H37F3N4O5S2. The Balaban J connectivity index is 0.000000532. The second-order valence-electron chi connectivity index (χ2n) is 11.0. The van der Waals surface area contributed by atoms with E-state index >= 15 is 0 Å². The number of hydrogen-bond donors (Lipinski definition) is 1. The predicted octanol–water partition coefficient (Wildman–Crippen LogP) is 4.14. The van der Waals surface area contributed by atoms with Gasteiger partial charge in [-0.1, -0.05) is 25.2 Å².